The zero-order valence-corrected chi connectivity index (χ0v) is 12.9. The van der Waals surface area contributed by atoms with Gasteiger partial charge in [0.1, 0.15) is 5.60 Å². The summed E-state index contributed by atoms with van der Waals surface area (Å²) in [5.74, 6) is 0. The molecular formula is C17H22N2O2. The summed E-state index contributed by atoms with van der Waals surface area (Å²) >= 11 is 0. The summed E-state index contributed by atoms with van der Waals surface area (Å²) in [5.41, 5.74) is 1.94. The predicted molar refractivity (Wildman–Crippen MR) is 82.0 cm³/mol. The second-order valence-electron chi connectivity index (χ2n) is 6.90. The van der Waals surface area contributed by atoms with Crippen LogP contribution in [-0.2, 0) is 10.2 Å². The number of fused-ring (bicyclic) bond motifs is 2. The molecule has 1 aromatic heterocycles. The second-order valence-corrected chi connectivity index (χ2v) is 6.90. The minimum absolute atomic E-state index is 0.00903. The van der Waals surface area contributed by atoms with E-state index in [0.29, 0.717) is 0 Å². The average Bonchev–Trinajstić information content (AvgIpc) is 2.77. The van der Waals surface area contributed by atoms with Crippen molar-refractivity contribution in [1.29, 1.82) is 0 Å². The third kappa shape index (κ3) is 2.67. The number of hydrogen-bond acceptors (Lipinski definition) is 3. The Morgan fingerprint density at radius 2 is 2.05 bits per heavy atom. The smallest absolute Gasteiger partial charge is 0.410 e. The van der Waals surface area contributed by atoms with Crippen molar-refractivity contribution in [2.75, 3.05) is 13.1 Å². The lowest BCUT2D eigenvalue weighted by molar-refractivity contribution is 0.0182. The number of allylic oxidation sites excluding steroid dienone is 1. The van der Waals surface area contributed by atoms with Crippen LogP contribution in [0.3, 0.4) is 0 Å². The zero-order valence-electron chi connectivity index (χ0n) is 12.9. The van der Waals surface area contributed by atoms with Crippen LogP contribution in [0.25, 0.3) is 6.08 Å². The summed E-state index contributed by atoms with van der Waals surface area (Å²) in [6.45, 7) is 7.13. The van der Waals surface area contributed by atoms with Crippen LogP contribution in [0.2, 0.25) is 0 Å². The lowest BCUT2D eigenvalue weighted by Gasteiger charge is -2.38. The van der Waals surface area contributed by atoms with E-state index in [2.05, 4.69) is 23.2 Å². The van der Waals surface area contributed by atoms with Gasteiger partial charge in [0, 0.05) is 24.7 Å². The van der Waals surface area contributed by atoms with Crippen LogP contribution in [-0.4, -0.2) is 34.7 Å². The average molecular weight is 286 g/mol. The summed E-state index contributed by atoms with van der Waals surface area (Å²) in [7, 11) is 0. The highest BCUT2D eigenvalue weighted by atomic mass is 16.6. The van der Waals surface area contributed by atoms with Crippen LogP contribution >= 0.6 is 0 Å². The molecule has 1 saturated heterocycles. The molecule has 1 aliphatic carbocycles. The third-order valence-electron chi connectivity index (χ3n) is 4.20. The number of carbonyl (C=O) groups is 1. The summed E-state index contributed by atoms with van der Waals surface area (Å²) in [6, 6.07) is 4.08. The van der Waals surface area contributed by atoms with E-state index in [0.717, 1.165) is 31.6 Å². The Morgan fingerprint density at radius 1 is 1.33 bits per heavy atom. The molecule has 0 radical (unpaired) electrons. The lowest BCUT2D eigenvalue weighted by atomic mass is 9.77. The summed E-state index contributed by atoms with van der Waals surface area (Å²) in [5, 5.41) is 0. The lowest BCUT2D eigenvalue weighted by Crippen LogP contribution is -2.46. The topological polar surface area (TPSA) is 42.4 Å². The van der Waals surface area contributed by atoms with Crippen molar-refractivity contribution in [1.82, 2.24) is 9.88 Å². The van der Waals surface area contributed by atoms with Crippen molar-refractivity contribution in [3.05, 3.63) is 35.7 Å². The SMILES string of the molecule is CC(C)(C)OC(=O)N1CCC2(C=Cc3cccnc32)CC1. The van der Waals surface area contributed by atoms with E-state index in [1.807, 2.05) is 37.9 Å². The Hall–Kier alpha value is -1.84. The molecule has 4 heteroatoms. The standard InChI is InChI=1S/C17H22N2O2/c1-16(2,3)21-15(20)19-11-8-17(9-12-19)7-6-13-5-4-10-18-14(13)17/h4-7,10H,8-9,11-12H2,1-3H3. The molecule has 1 amide bonds. The van der Waals surface area contributed by atoms with E-state index in [-0.39, 0.29) is 11.5 Å². The van der Waals surface area contributed by atoms with Gasteiger partial charge in [0.05, 0.1) is 5.69 Å². The molecule has 0 bridgehead atoms. The fraction of sp³-hybridized carbons (Fsp3) is 0.529. The molecule has 1 aromatic rings. The molecule has 1 fully saturated rings. The maximum atomic E-state index is 12.1. The normalized spacial score (nSPS) is 19.7. The summed E-state index contributed by atoms with van der Waals surface area (Å²) < 4.78 is 5.45. The molecule has 1 aliphatic heterocycles. The first-order valence-corrected chi connectivity index (χ1v) is 7.52. The molecule has 112 valence electrons. The first-order valence-electron chi connectivity index (χ1n) is 7.52. The Bertz CT molecular complexity index is 579. The Balaban J connectivity index is 1.69. The molecular weight excluding hydrogens is 264 g/mol. The van der Waals surface area contributed by atoms with Crippen molar-refractivity contribution in [2.24, 2.45) is 0 Å². The minimum atomic E-state index is -0.437. The van der Waals surface area contributed by atoms with E-state index < -0.39 is 5.60 Å². The van der Waals surface area contributed by atoms with Gasteiger partial charge in [0.15, 0.2) is 0 Å². The van der Waals surface area contributed by atoms with Crippen LogP contribution < -0.4 is 0 Å². The molecule has 0 aromatic carbocycles. The molecule has 1 spiro atoms. The summed E-state index contributed by atoms with van der Waals surface area (Å²) in [6.07, 6.45) is 7.89. The number of pyridine rings is 1. The number of aromatic nitrogens is 1. The van der Waals surface area contributed by atoms with Crippen LogP contribution in [0.1, 0.15) is 44.9 Å². The Morgan fingerprint density at radius 3 is 2.71 bits per heavy atom. The van der Waals surface area contributed by atoms with Gasteiger partial charge in [-0.25, -0.2) is 4.79 Å². The minimum Gasteiger partial charge on any atom is -0.444 e. The van der Waals surface area contributed by atoms with Crippen LogP contribution in [0.5, 0.6) is 0 Å². The zero-order chi connectivity index (χ0) is 15.1. The van der Waals surface area contributed by atoms with Crippen LogP contribution in [0.15, 0.2) is 24.4 Å². The molecule has 0 atom stereocenters. The highest BCUT2D eigenvalue weighted by Gasteiger charge is 2.40. The maximum Gasteiger partial charge on any atom is 0.410 e. The molecule has 0 N–H and O–H groups in total. The van der Waals surface area contributed by atoms with Crippen molar-refractivity contribution in [3.8, 4) is 0 Å². The first-order chi connectivity index (χ1) is 9.90. The van der Waals surface area contributed by atoms with E-state index in [4.69, 9.17) is 4.74 Å². The van der Waals surface area contributed by atoms with Crippen LogP contribution in [0.4, 0.5) is 4.79 Å². The van der Waals surface area contributed by atoms with Crippen molar-refractivity contribution >= 4 is 12.2 Å². The van der Waals surface area contributed by atoms with Crippen molar-refractivity contribution in [2.45, 2.75) is 44.6 Å². The van der Waals surface area contributed by atoms with E-state index in [1.165, 1.54) is 5.56 Å². The number of carbonyl (C=O) groups excluding carboxylic acids is 1. The van der Waals surface area contributed by atoms with E-state index >= 15 is 0 Å². The fourth-order valence-electron chi connectivity index (χ4n) is 3.11. The predicted octanol–water partition coefficient (Wildman–Crippen LogP) is 3.38. The van der Waals surface area contributed by atoms with Gasteiger partial charge in [-0.15, -0.1) is 0 Å². The third-order valence-corrected chi connectivity index (χ3v) is 4.20. The van der Waals surface area contributed by atoms with E-state index in [1.54, 1.807) is 0 Å². The fourth-order valence-corrected chi connectivity index (χ4v) is 3.11. The van der Waals surface area contributed by atoms with E-state index in [9.17, 15) is 4.79 Å². The molecule has 3 rings (SSSR count). The molecule has 2 aliphatic rings. The van der Waals surface area contributed by atoms with Gasteiger partial charge in [-0.05, 0) is 45.2 Å². The highest BCUT2D eigenvalue weighted by Crippen LogP contribution is 2.42. The molecule has 2 heterocycles. The number of amides is 1. The summed E-state index contributed by atoms with van der Waals surface area (Å²) in [4.78, 5) is 18.5. The number of nitrogens with zero attached hydrogens (tertiary/aromatic N) is 2. The second kappa shape index (κ2) is 4.86. The van der Waals surface area contributed by atoms with Gasteiger partial charge in [0.25, 0.3) is 0 Å². The molecule has 0 unspecified atom stereocenters. The van der Waals surface area contributed by atoms with Crippen molar-refractivity contribution in [3.63, 3.8) is 0 Å². The van der Waals surface area contributed by atoms with Gasteiger partial charge < -0.3 is 9.64 Å². The van der Waals surface area contributed by atoms with Gasteiger partial charge in [0.2, 0.25) is 0 Å². The monoisotopic (exact) mass is 286 g/mol. The van der Waals surface area contributed by atoms with Gasteiger partial charge >= 0.3 is 6.09 Å². The van der Waals surface area contributed by atoms with Gasteiger partial charge in [-0.2, -0.15) is 0 Å². The Labute approximate surface area is 125 Å². The quantitative estimate of drug-likeness (QED) is 0.734. The maximum absolute atomic E-state index is 12.1. The number of hydrogen-bond donors (Lipinski definition) is 0. The van der Waals surface area contributed by atoms with Crippen molar-refractivity contribution < 1.29 is 9.53 Å². The van der Waals surface area contributed by atoms with Gasteiger partial charge in [-0.1, -0.05) is 18.2 Å². The molecule has 0 saturated carbocycles. The first kappa shape index (κ1) is 14.1. The molecule has 21 heavy (non-hydrogen) atoms. The largest absolute Gasteiger partial charge is 0.444 e. The number of piperidine rings is 1. The number of likely N-dealkylation sites (tertiary alicyclic amines) is 1. The van der Waals surface area contributed by atoms with Crippen LogP contribution in [0, 0.1) is 0 Å². The Kier molecular flexibility index (Phi) is 3.27. The number of rotatable bonds is 0. The van der Waals surface area contributed by atoms with Gasteiger partial charge in [-0.3, -0.25) is 4.98 Å². The molecule has 4 nitrogen and oxygen atoms in total. The highest BCUT2D eigenvalue weighted by molar-refractivity contribution is 5.69. The number of ether oxygens (including phenoxy) is 1.